The third kappa shape index (κ3) is 4.19. The van der Waals surface area contributed by atoms with E-state index in [4.69, 9.17) is 21.1 Å². The Kier molecular flexibility index (Phi) is 5.74. The fourth-order valence-electron chi connectivity index (χ4n) is 1.71. The molecule has 1 amide bonds. The van der Waals surface area contributed by atoms with Gasteiger partial charge in [0.05, 0.1) is 11.6 Å². The van der Waals surface area contributed by atoms with Gasteiger partial charge in [0.1, 0.15) is 31.1 Å². The molecule has 0 spiro atoms. The first-order valence-corrected chi connectivity index (χ1v) is 7.06. The van der Waals surface area contributed by atoms with E-state index >= 15 is 0 Å². The number of carbonyl (C=O) groups excluding carboxylic acids is 1. The van der Waals surface area contributed by atoms with Gasteiger partial charge in [-0.1, -0.05) is 11.6 Å². The van der Waals surface area contributed by atoms with Crippen molar-refractivity contribution in [2.75, 3.05) is 25.6 Å². The van der Waals surface area contributed by atoms with Crippen LogP contribution < -0.4 is 10.1 Å². The number of aromatic nitrogens is 3. The Hall–Kier alpha value is -2.12. The quantitative estimate of drug-likeness (QED) is 0.790. The number of halogens is 1. The van der Waals surface area contributed by atoms with Crippen molar-refractivity contribution in [3.05, 3.63) is 35.9 Å². The minimum Gasteiger partial charge on any atom is -0.490 e. The summed E-state index contributed by atoms with van der Waals surface area (Å²) in [6, 6.07) is 4.59. The number of amides is 1. The average molecular weight is 325 g/mol. The topological polar surface area (TPSA) is 78.3 Å². The molecule has 2 rings (SSSR count). The minimum absolute atomic E-state index is 0.213. The van der Waals surface area contributed by atoms with Gasteiger partial charge in [-0.3, -0.25) is 4.79 Å². The van der Waals surface area contributed by atoms with Gasteiger partial charge in [-0.05, 0) is 25.1 Å². The molecule has 8 heteroatoms. The van der Waals surface area contributed by atoms with E-state index in [1.54, 1.807) is 32.2 Å². The molecule has 1 unspecified atom stereocenters. The Balaban J connectivity index is 1.98. The molecule has 0 saturated heterocycles. The number of anilines is 1. The van der Waals surface area contributed by atoms with Gasteiger partial charge in [0.2, 0.25) is 5.91 Å². The van der Waals surface area contributed by atoms with Crippen LogP contribution in [0.4, 0.5) is 5.69 Å². The van der Waals surface area contributed by atoms with Crippen molar-refractivity contribution in [3.8, 4) is 5.75 Å². The number of rotatable bonds is 7. The van der Waals surface area contributed by atoms with Crippen molar-refractivity contribution >= 4 is 23.2 Å². The lowest BCUT2D eigenvalue weighted by Gasteiger charge is -2.13. The molecule has 0 fully saturated rings. The first-order valence-electron chi connectivity index (χ1n) is 6.68. The molecule has 0 bridgehead atoms. The van der Waals surface area contributed by atoms with Crippen LogP contribution in [0.3, 0.4) is 0 Å². The maximum atomic E-state index is 12.1. The van der Waals surface area contributed by atoms with Crippen molar-refractivity contribution in [1.29, 1.82) is 0 Å². The van der Waals surface area contributed by atoms with E-state index in [9.17, 15) is 4.79 Å². The van der Waals surface area contributed by atoms with Crippen molar-refractivity contribution in [2.45, 2.75) is 13.0 Å². The summed E-state index contributed by atoms with van der Waals surface area (Å²) >= 11 is 6.13. The number of benzene rings is 1. The van der Waals surface area contributed by atoms with Crippen LogP contribution in [0, 0.1) is 0 Å². The normalized spacial score (nSPS) is 12.0. The van der Waals surface area contributed by atoms with Gasteiger partial charge < -0.3 is 14.8 Å². The maximum absolute atomic E-state index is 12.1. The van der Waals surface area contributed by atoms with Crippen LogP contribution >= 0.6 is 11.6 Å². The molecular weight excluding hydrogens is 308 g/mol. The van der Waals surface area contributed by atoms with E-state index in [0.717, 1.165) is 0 Å². The first kappa shape index (κ1) is 16.3. The second-order valence-corrected chi connectivity index (χ2v) is 4.93. The van der Waals surface area contributed by atoms with Gasteiger partial charge in [0.25, 0.3) is 0 Å². The molecule has 0 saturated carbocycles. The summed E-state index contributed by atoms with van der Waals surface area (Å²) < 4.78 is 11.8. The fraction of sp³-hybridized carbons (Fsp3) is 0.357. The highest BCUT2D eigenvalue weighted by molar-refractivity contribution is 6.32. The van der Waals surface area contributed by atoms with Crippen molar-refractivity contribution in [1.82, 2.24) is 14.8 Å². The van der Waals surface area contributed by atoms with Gasteiger partial charge in [-0.2, -0.15) is 5.10 Å². The van der Waals surface area contributed by atoms with Gasteiger partial charge in [-0.25, -0.2) is 9.67 Å². The summed E-state index contributed by atoms with van der Waals surface area (Å²) in [6.07, 6.45) is 2.87. The standard InChI is InChI=1S/C14H17ClN4O3/c1-10(19-9-16-8-17-19)14(20)18-11-3-4-13(12(15)7-11)22-6-5-21-2/h3-4,7-10H,5-6H2,1-2H3,(H,18,20). The first-order chi connectivity index (χ1) is 10.6. The highest BCUT2D eigenvalue weighted by Gasteiger charge is 2.16. The predicted molar refractivity (Wildman–Crippen MR) is 82.2 cm³/mol. The summed E-state index contributed by atoms with van der Waals surface area (Å²) in [5.74, 6) is 0.329. The molecule has 0 aliphatic rings. The maximum Gasteiger partial charge on any atom is 0.249 e. The van der Waals surface area contributed by atoms with Crippen LogP contribution in [0.1, 0.15) is 13.0 Å². The molecule has 22 heavy (non-hydrogen) atoms. The molecule has 0 aliphatic heterocycles. The zero-order chi connectivity index (χ0) is 15.9. The monoisotopic (exact) mass is 324 g/mol. The number of hydrogen-bond donors (Lipinski definition) is 1. The fourth-order valence-corrected chi connectivity index (χ4v) is 1.95. The summed E-state index contributed by atoms with van der Waals surface area (Å²) in [5.41, 5.74) is 0.584. The third-order valence-corrected chi connectivity index (χ3v) is 3.25. The van der Waals surface area contributed by atoms with E-state index in [1.165, 1.54) is 17.3 Å². The Morgan fingerprint density at radius 3 is 2.91 bits per heavy atom. The number of methoxy groups -OCH3 is 1. The highest BCUT2D eigenvalue weighted by atomic mass is 35.5. The lowest BCUT2D eigenvalue weighted by Crippen LogP contribution is -2.24. The molecule has 1 aromatic carbocycles. The summed E-state index contributed by atoms with van der Waals surface area (Å²) in [7, 11) is 1.60. The predicted octanol–water partition coefficient (Wildman–Crippen LogP) is 2.16. The Labute approximate surface area is 133 Å². The summed E-state index contributed by atoms with van der Waals surface area (Å²) in [6.45, 7) is 2.61. The van der Waals surface area contributed by atoms with Gasteiger partial charge in [0.15, 0.2) is 0 Å². The van der Waals surface area contributed by atoms with Crippen molar-refractivity contribution in [3.63, 3.8) is 0 Å². The lowest BCUT2D eigenvalue weighted by molar-refractivity contribution is -0.119. The van der Waals surface area contributed by atoms with Crippen molar-refractivity contribution in [2.24, 2.45) is 0 Å². The lowest BCUT2D eigenvalue weighted by atomic mass is 10.2. The number of nitrogens with zero attached hydrogens (tertiary/aromatic N) is 3. The van der Waals surface area contributed by atoms with Crippen LogP contribution in [0.15, 0.2) is 30.9 Å². The molecule has 1 heterocycles. The number of carbonyl (C=O) groups is 1. The molecule has 118 valence electrons. The number of hydrogen-bond acceptors (Lipinski definition) is 5. The van der Waals surface area contributed by atoms with Crippen LogP contribution in [0.2, 0.25) is 5.02 Å². The largest absolute Gasteiger partial charge is 0.490 e. The van der Waals surface area contributed by atoms with Crippen LogP contribution in [0.25, 0.3) is 0 Å². The Morgan fingerprint density at radius 1 is 1.45 bits per heavy atom. The van der Waals surface area contributed by atoms with Gasteiger partial charge in [-0.15, -0.1) is 0 Å². The smallest absolute Gasteiger partial charge is 0.249 e. The molecule has 7 nitrogen and oxygen atoms in total. The van der Waals surface area contributed by atoms with Crippen molar-refractivity contribution < 1.29 is 14.3 Å². The van der Waals surface area contributed by atoms with Gasteiger partial charge >= 0.3 is 0 Å². The zero-order valence-electron chi connectivity index (χ0n) is 12.3. The SMILES string of the molecule is COCCOc1ccc(NC(=O)C(C)n2cncn2)cc1Cl. The molecule has 1 N–H and O–H groups in total. The van der Waals surface area contributed by atoms with Crippen LogP contribution in [-0.4, -0.2) is 41.0 Å². The molecular formula is C14H17ClN4O3. The zero-order valence-corrected chi connectivity index (χ0v) is 13.1. The summed E-state index contributed by atoms with van der Waals surface area (Å²) in [5, 5.41) is 7.13. The average Bonchev–Trinajstić information content (AvgIpc) is 3.03. The molecule has 1 aromatic heterocycles. The Bertz CT molecular complexity index is 619. The van der Waals surface area contributed by atoms with Crippen LogP contribution in [-0.2, 0) is 9.53 Å². The third-order valence-electron chi connectivity index (χ3n) is 2.96. The number of nitrogens with one attached hydrogen (secondary N) is 1. The van der Waals surface area contributed by atoms with E-state index in [-0.39, 0.29) is 5.91 Å². The van der Waals surface area contributed by atoms with E-state index in [1.807, 2.05) is 0 Å². The number of ether oxygens (including phenoxy) is 2. The molecule has 0 aliphatic carbocycles. The highest BCUT2D eigenvalue weighted by Crippen LogP contribution is 2.28. The molecule has 1 atom stereocenters. The van der Waals surface area contributed by atoms with Crippen LogP contribution in [0.5, 0.6) is 5.75 Å². The molecule has 0 radical (unpaired) electrons. The minimum atomic E-state index is -0.473. The Morgan fingerprint density at radius 2 is 2.27 bits per heavy atom. The summed E-state index contributed by atoms with van der Waals surface area (Å²) in [4.78, 5) is 15.9. The van der Waals surface area contributed by atoms with E-state index < -0.39 is 6.04 Å². The van der Waals surface area contributed by atoms with E-state index in [0.29, 0.717) is 29.7 Å². The molecule has 2 aromatic rings. The van der Waals surface area contributed by atoms with Gasteiger partial charge in [0, 0.05) is 12.8 Å². The second-order valence-electron chi connectivity index (χ2n) is 4.53. The second kappa shape index (κ2) is 7.77. The van der Waals surface area contributed by atoms with E-state index in [2.05, 4.69) is 15.4 Å².